The molecular formula is C16H21FN2O3S. The van der Waals surface area contributed by atoms with Crippen molar-refractivity contribution in [1.82, 2.24) is 0 Å². The van der Waals surface area contributed by atoms with Gasteiger partial charge in [0.2, 0.25) is 5.91 Å². The minimum absolute atomic E-state index is 0.0647. The van der Waals surface area contributed by atoms with E-state index in [-0.39, 0.29) is 23.2 Å². The first-order valence-corrected chi connectivity index (χ1v) is 9.79. The fraction of sp³-hybridized carbons (Fsp3) is 0.562. The first-order valence-electron chi connectivity index (χ1n) is 7.97. The summed E-state index contributed by atoms with van der Waals surface area (Å²) in [6.45, 7) is 4.06. The third kappa shape index (κ3) is 3.20. The molecule has 0 bridgehead atoms. The molecular weight excluding hydrogens is 319 g/mol. The Bertz CT molecular complexity index is 720. The maximum absolute atomic E-state index is 13.7. The van der Waals surface area contributed by atoms with Gasteiger partial charge in [-0.25, -0.2) is 12.8 Å². The third-order valence-corrected chi connectivity index (χ3v) is 6.27. The first-order chi connectivity index (χ1) is 10.9. The van der Waals surface area contributed by atoms with Crippen LogP contribution in [-0.4, -0.2) is 45.5 Å². The summed E-state index contributed by atoms with van der Waals surface area (Å²) >= 11 is 0. The van der Waals surface area contributed by atoms with Gasteiger partial charge < -0.3 is 9.80 Å². The number of benzene rings is 1. The van der Waals surface area contributed by atoms with Crippen molar-refractivity contribution in [1.29, 1.82) is 0 Å². The smallest absolute Gasteiger partial charge is 0.231 e. The van der Waals surface area contributed by atoms with Crippen LogP contribution in [0, 0.1) is 11.7 Å². The molecule has 0 radical (unpaired) electrons. The minimum atomic E-state index is -3.12. The summed E-state index contributed by atoms with van der Waals surface area (Å²) in [5, 5.41) is 0. The van der Waals surface area contributed by atoms with E-state index in [1.807, 2.05) is 0 Å². The molecule has 0 aliphatic carbocycles. The van der Waals surface area contributed by atoms with Gasteiger partial charge in [0.05, 0.1) is 28.8 Å². The lowest BCUT2D eigenvalue weighted by Gasteiger charge is -2.38. The number of carbonyl (C=O) groups is 1. The highest BCUT2D eigenvalue weighted by molar-refractivity contribution is 7.91. The number of rotatable bonds is 3. The Kier molecular flexibility index (Phi) is 4.31. The average molecular weight is 340 g/mol. The van der Waals surface area contributed by atoms with Gasteiger partial charge >= 0.3 is 0 Å². The van der Waals surface area contributed by atoms with E-state index in [0.29, 0.717) is 25.2 Å². The number of carbonyl (C=O) groups excluding carboxylic acids is 1. The number of anilines is 2. The van der Waals surface area contributed by atoms with Gasteiger partial charge in [-0.3, -0.25) is 4.79 Å². The number of fused-ring (bicyclic) bond motifs is 1. The zero-order valence-corrected chi connectivity index (χ0v) is 14.0. The van der Waals surface area contributed by atoms with Crippen LogP contribution >= 0.6 is 0 Å². The van der Waals surface area contributed by atoms with E-state index >= 15 is 0 Å². The zero-order valence-electron chi connectivity index (χ0n) is 13.2. The van der Waals surface area contributed by atoms with E-state index in [4.69, 9.17) is 0 Å². The molecule has 0 N–H and O–H groups in total. The van der Waals surface area contributed by atoms with E-state index in [1.165, 1.54) is 12.1 Å². The van der Waals surface area contributed by atoms with E-state index in [9.17, 15) is 17.6 Å². The molecule has 1 fully saturated rings. The molecule has 2 heterocycles. The second kappa shape index (κ2) is 6.11. The molecule has 23 heavy (non-hydrogen) atoms. The Morgan fingerprint density at radius 3 is 2.74 bits per heavy atom. The van der Waals surface area contributed by atoms with Gasteiger partial charge in [-0.2, -0.15) is 0 Å². The molecule has 1 aromatic carbocycles. The summed E-state index contributed by atoms with van der Waals surface area (Å²) in [5.74, 6) is -1.12. The summed E-state index contributed by atoms with van der Waals surface area (Å²) in [7, 11) is -3.12. The van der Waals surface area contributed by atoms with Crippen molar-refractivity contribution in [2.45, 2.75) is 19.8 Å². The van der Waals surface area contributed by atoms with Gasteiger partial charge in [0, 0.05) is 19.6 Å². The molecule has 0 aromatic heterocycles. The van der Waals surface area contributed by atoms with Crippen LogP contribution in [0.15, 0.2) is 18.2 Å². The molecule has 1 saturated heterocycles. The van der Waals surface area contributed by atoms with Crippen molar-refractivity contribution in [3.8, 4) is 0 Å². The van der Waals surface area contributed by atoms with Crippen molar-refractivity contribution in [2.75, 3.05) is 40.9 Å². The molecule has 2 aliphatic rings. The number of hydrogen-bond donors (Lipinski definition) is 0. The highest BCUT2D eigenvalue weighted by atomic mass is 32.2. The molecule has 1 aromatic rings. The first kappa shape index (κ1) is 16.2. The molecule has 0 spiro atoms. The Balaban J connectivity index is 1.90. The second-order valence-corrected chi connectivity index (χ2v) is 8.44. The maximum atomic E-state index is 13.7. The van der Waals surface area contributed by atoms with Crippen molar-refractivity contribution >= 4 is 27.1 Å². The predicted octanol–water partition coefficient (Wildman–Crippen LogP) is 1.82. The van der Waals surface area contributed by atoms with Crippen molar-refractivity contribution in [3.05, 3.63) is 24.0 Å². The van der Waals surface area contributed by atoms with Crippen LogP contribution in [0.3, 0.4) is 0 Å². The fourth-order valence-electron chi connectivity index (χ4n) is 3.38. The van der Waals surface area contributed by atoms with Crippen molar-refractivity contribution in [3.63, 3.8) is 0 Å². The molecule has 7 heteroatoms. The molecule has 3 rings (SSSR count). The second-order valence-electron chi connectivity index (χ2n) is 6.21. The summed E-state index contributed by atoms with van der Waals surface area (Å²) in [6, 6.07) is 4.47. The molecule has 5 nitrogen and oxygen atoms in total. The van der Waals surface area contributed by atoms with Gasteiger partial charge in [-0.05, 0) is 31.0 Å². The normalized spacial score (nSPS) is 23.0. The SMILES string of the molecule is CCCN1CCN(C(=O)C2CCS(=O)(=O)C2)c2cc(F)ccc21. The van der Waals surface area contributed by atoms with Crippen LogP contribution in [0.1, 0.15) is 19.8 Å². The van der Waals surface area contributed by atoms with E-state index in [1.54, 1.807) is 11.0 Å². The molecule has 126 valence electrons. The predicted molar refractivity (Wildman–Crippen MR) is 88.0 cm³/mol. The Hall–Kier alpha value is -1.63. The average Bonchev–Trinajstić information content (AvgIpc) is 2.87. The number of nitrogens with zero attached hydrogens (tertiary/aromatic N) is 2. The van der Waals surface area contributed by atoms with Gasteiger partial charge in [-0.15, -0.1) is 0 Å². The third-order valence-electron chi connectivity index (χ3n) is 4.50. The fourth-order valence-corrected chi connectivity index (χ4v) is 5.12. The lowest BCUT2D eigenvalue weighted by molar-refractivity contribution is -0.121. The zero-order chi connectivity index (χ0) is 16.6. The summed E-state index contributed by atoms with van der Waals surface area (Å²) in [5.41, 5.74) is 1.40. The Morgan fingerprint density at radius 2 is 2.09 bits per heavy atom. The van der Waals surface area contributed by atoms with Crippen LogP contribution in [0.5, 0.6) is 0 Å². The van der Waals surface area contributed by atoms with Crippen LogP contribution in [-0.2, 0) is 14.6 Å². The lowest BCUT2D eigenvalue weighted by Crippen LogP contribution is -2.46. The molecule has 0 saturated carbocycles. The monoisotopic (exact) mass is 340 g/mol. The molecule has 2 aliphatic heterocycles. The number of halogens is 1. The van der Waals surface area contributed by atoms with Gasteiger partial charge in [0.1, 0.15) is 5.82 Å². The summed E-state index contributed by atoms with van der Waals surface area (Å²) < 4.78 is 36.9. The van der Waals surface area contributed by atoms with E-state index in [0.717, 1.165) is 18.7 Å². The summed E-state index contributed by atoms with van der Waals surface area (Å²) in [6.07, 6.45) is 1.33. The molecule has 1 unspecified atom stereocenters. The largest absolute Gasteiger partial charge is 0.368 e. The van der Waals surface area contributed by atoms with Gasteiger partial charge in [0.25, 0.3) is 0 Å². The van der Waals surface area contributed by atoms with Crippen molar-refractivity contribution in [2.24, 2.45) is 5.92 Å². The van der Waals surface area contributed by atoms with E-state index < -0.39 is 15.8 Å². The number of amides is 1. The summed E-state index contributed by atoms with van der Waals surface area (Å²) in [4.78, 5) is 16.5. The minimum Gasteiger partial charge on any atom is -0.368 e. The van der Waals surface area contributed by atoms with Crippen molar-refractivity contribution < 1.29 is 17.6 Å². The van der Waals surface area contributed by atoms with Crippen LogP contribution in [0.4, 0.5) is 15.8 Å². The lowest BCUT2D eigenvalue weighted by atomic mass is 10.0. The number of sulfone groups is 1. The Labute approximate surface area is 136 Å². The van der Waals surface area contributed by atoms with Gasteiger partial charge in [0.15, 0.2) is 9.84 Å². The maximum Gasteiger partial charge on any atom is 0.231 e. The Morgan fingerprint density at radius 1 is 1.30 bits per heavy atom. The topological polar surface area (TPSA) is 57.7 Å². The van der Waals surface area contributed by atoms with Crippen LogP contribution in [0.2, 0.25) is 0 Å². The molecule has 1 atom stereocenters. The standard InChI is InChI=1S/C16H21FN2O3S/c1-2-6-18-7-8-19(15-10-13(17)3-4-14(15)18)16(20)12-5-9-23(21,22)11-12/h3-4,10,12H,2,5-9,11H2,1H3. The highest BCUT2D eigenvalue weighted by Crippen LogP contribution is 2.35. The number of hydrogen-bond acceptors (Lipinski definition) is 4. The highest BCUT2D eigenvalue weighted by Gasteiger charge is 2.37. The van der Waals surface area contributed by atoms with E-state index in [2.05, 4.69) is 11.8 Å². The van der Waals surface area contributed by atoms with Crippen LogP contribution < -0.4 is 9.80 Å². The van der Waals surface area contributed by atoms with Crippen LogP contribution in [0.25, 0.3) is 0 Å². The quantitative estimate of drug-likeness (QED) is 0.842. The molecule has 1 amide bonds. The van der Waals surface area contributed by atoms with Gasteiger partial charge in [-0.1, -0.05) is 6.92 Å².